The summed E-state index contributed by atoms with van der Waals surface area (Å²) >= 11 is 6.09. The predicted octanol–water partition coefficient (Wildman–Crippen LogP) is 1.13. The van der Waals surface area contributed by atoms with Crippen LogP contribution in [0.5, 0.6) is 11.5 Å². The molecule has 0 aromatic heterocycles. The van der Waals surface area contributed by atoms with E-state index in [-0.39, 0.29) is 10.1 Å². The highest BCUT2D eigenvalue weighted by Gasteiger charge is 2.35. The second kappa shape index (κ2) is 7.01. The van der Waals surface area contributed by atoms with E-state index in [1.54, 1.807) is 25.1 Å². The van der Waals surface area contributed by atoms with E-state index in [1.165, 1.54) is 13.0 Å². The number of carbonyl (C=O) groups is 2. The number of phenolic OH excluding ortho intramolecular Hbond substituents is 1. The van der Waals surface area contributed by atoms with Gasteiger partial charge in [-0.2, -0.15) is 0 Å². The lowest BCUT2D eigenvalue weighted by molar-refractivity contribution is -0.309. The van der Waals surface area contributed by atoms with Gasteiger partial charge in [-0.3, -0.25) is 9.69 Å². The first-order valence-electron chi connectivity index (χ1n) is 6.79. The van der Waals surface area contributed by atoms with Crippen molar-refractivity contribution in [2.45, 2.75) is 19.9 Å². The highest BCUT2D eigenvalue weighted by atomic mass is 32.2. The van der Waals surface area contributed by atoms with Crippen LogP contribution in [0.1, 0.15) is 19.4 Å². The molecule has 1 saturated heterocycles. The van der Waals surface area contributed by atoms with Crippen molar-refractivity contribution in [3.63, 3.8) is 0 Å². The first kappa shape index (κ1) is 17.3. The zero-order chi connectivity index (χ0) is 17.1. The zero-order valence-corrected chi connectivity index (χ0v) is 14.1. The summed E-state index contributed by atoms with van der Waals surface area (Å²) in [6.45, 7) is 3.53. The van der Waals surface area contributed by atoms with Crippen LogP contribution in [-0.2, 0) is 9.59 Å². The fourth-order valence-electron chi connectivity index (χ4n) is 1.96. The van der Waals surface area contributed by atoms with Crippen molar-refractivity contribution >= 4 is 46.3 Å². The zero-order valence-electron chi connectivity index (χ0n) is 12.4. The van der Waals surface area contributed by atoms with Crippen molar-refractivity contribution in [3.05, 3.63) is 28.7 Å². The van der Waals surface area contributed by atoms with Crippen molar-refractivity contribution in [2.75, 3.05) is 6.61 Å². The Kier molecular flexibility index (Phi) is 5.27. The van der Waals surface area contributed by atoms with E-state index in [9.17, 15) is 19.8 Å². The predicted molar refractivity (Wildman–Crippen MR) is 88.8 cm³/mol. The molecule has 0 saturated carbocycles. The molecule has 0 aliphatic carbocycles. The topological polar surface area (TPSA) is 89.9 Å². The molecule has 23 heavy (non-hydrogen) atoms. The Balaban J connectivity index is 2.31. The fourth-order valence-corrected chi connectivity index (χ4v) is 3.38. The van der Waals surface area contributed by atoms with Gasteiger partial charge in [-0.15, -0.1) is 0 Å². The molecule has 1 unspecified atom stereocenters. The number of carboxylic acids is 1. The molecule has 1 fully saturated rings. The number of carbonyl (C=O) groups excluding carboxylic acids is 2. The molecule has 2 rings (SSSR count). The summed E-state index contributed by atoms with van der Waals surface area (Å²) in [6.07, 6.45) is 1.57. The van der Waals surface area contributed by atoms with Crippen LogP contribution in [0.25, 0.3) is 6.08 Å². The van der Waals surface area contributed by atoms with Gasteiger partial charge in [0.15, 0.2) is 11.5 Å². The number of hydrogen-bond acceptors (Lipinski definition) is 7. The molecule has 0 bridgehead atoms. The Hall–Kier alpha value is -2.06. The van der Waals surface area contributed by atoms with Crippen molar-refractivity contribution in [2.24, 2.45) is 0 Å². The van der Waals surface area contributed by atoms with Crippen LogP contribution in [0, 0.1) is 0 Å². The van der Waals surface area contributed by atoms with Gasteiger partial charge in [0.25, 0.3) is 5.91 Å². The quantitative estimate of drug-likeness (QED) is 0.627. The highest BCUT2D eigenvalue weighted by Crippen LogP contribution is 2.35. The van der Waals surface area contributed by atoms with Crippen molar-refractivity contribution < 1.29 is 24.5 Å². The number of carboxylic acid groups (broad SMARTS) is 1. The van der Waals surface area contributed by atoms with Crippen LogP contribution in [0.15, 0.2) is 23.1 Å². The summed E-state index contributed by atoms with van der Waals surface area (Å²) in [4.78, 5) is 24.6. The van der Waals surface area contributed by atoms with E-state index in [2.05, 4.69) is 0 Å². The molecule has 1 aliphatic rings. The summed E-state index contributed by atoms with van der Waals surface area (Å²) in [7, 11) is 0. The Morgan fingerprint density at radius 2 is 2.26 bits per heavy atom. The number of aliphatic carboxylic acids is 1. The average molecular weight is 352 g/mol. The number of thiocarbonyl (C=S) groups is 1. The monoisotopic (exact) mass is 352 g/mol. The Bertz CT molecular complexity index is 701. The van der Waals surface area contributed by atoms with E-state index in [0.717, 1.165) is 16.7 Å². The normalized spacial score (nSPS) is 17.7. The first-order valence-corrected chi connectivity index (χ1v) is 8.01. The molecule has 1 aromatic carbocycles. The van der Waals surface area contributed by atoms with Crippen molar-refractivity contribution in [1.82, 2.24) is 4.90 Å². The van der Waals surface area contributed by atoms with Crippen LogP contribution in [-0.4, -0.2) is 38.9 Å². The second-order valence-electron chi connectivity index (χ2n) is 4.71. The minimum atomic E-state index is -1.37. The van der Waals surface area contributed by atoms with E-state index < -0.39 is 17.9 Å². The molecule has 1 aliphatic heterocycles. The van der Waals surface area contributed by atoms with Gasteiger partial charge < -0.3 is 19.7 Å². The van der Waals surface area contributed by atoms with E-state index in [1.807, 2.05) is 0 Å². The third-order valence-electron chi connectivity index (χ3n) is 3.13. The lowest BCUT2D eigenvalue weighted by atomic mass is 10.2. The number of rotatable bonds is 5. The maximum Gasteiger partial charge on any atom is 0.266 e. The van der Waals surface area contributed by atoms with Gasteiger partial charge in [0.2, 0.25) is 0 Å². The Labute approximate surface area is 142 Å². The number of phenols is 1. The molecule has 8 heteroatoms. The summed E-state index contributed by atoms with van der Waals surface area (Å²) < 4.78 is 5.46. The molecule has 1 N–H and O–H groups in total. The third-order valence-corrected chi connectivity index (χ3v) is 4.46. The molecular formula is C15H14NO5S2-. The first-order chi connectivity index (χ1) is 10.8. The average Bonchev–Trinajstić information content (AvgIpc) is 2.76. The van der Waals surface area contributed by atoms with Gasteiger partial charge in [-0.1, -0.05) is 30.0 Å². The van der Waals surface area contributed by atoms with Crippen LogP contribution in [0.4, 0.5) is 0 Å². The largest absolute Gasteiger partial charge is 0.548 e. The highest BCUT2D eigenvalue weighted by molar-refractivity contribution is 8.26. The molecule has 1 amide bonds. The summed E-state index contributed by atoms with van der Waals surface area (Å²) in [6, 6.07) is 3.54. The van der Waals surface area contributed by atoms with E-state index in [0.29, 0.717) is 22.8 Å². The summed E-state index contributed by atoms with van der Waals surface area (Å²) in [5.74, 6) is -1.55. The van der Waals surface area contributed by atoms with Gasteiger partial charge in [-0.25, -0.2) is 0 Å². The molecule has 6 nitrogen and oxygen atoms in total. The Morgan fingerprint density at radius 1 is 1.57 bits per heavy atom. The standard InChI is InChI=1S/C15H15NO5S2/c1-3-21-11-6-9(4-5-10(11)17)7-12-13(18)16(15(22)23-12)8(2)14(19)20/h4-8,17H,3H2,1-2H3,(H,19,20)/p-1. The van der Waals surface area contributed by atoms with Crippen LogP contribution >= 0.6 is 24.0 Å². The van der Waals surface area contributed by atoms with Gasteiger partial charge in [0.1, 0.15) is 4.32 Å². The number of benzene rings is 1. The van der Waals surface area contributed by atoms with Gasteiger partial charge in [0.05, 0.1) is 23.5 Å². The lowest BCUT2D eigenvalue weighted by Crippen LogP contribution is -2.48. The van der Waals surface area contributed by atoms with Crippen molar-refractivity contribution in [1.29, 1.82) is 0 Å². The number of nitrogens with zero attached hydrogens (tertiary/aromatic N) is 1. The SMILES string of the molecule is CCOc1cc(C=C2SC(=S)N(C(C)C(=O)[O-])C2=O)ccc1O. The molecule has 0 radical (unpaired) electrons. The number of hydrogen-bond donors (Lipinski definition) is 1. The fraction of sp³-hybridized carbons (Fsp3) is 0.267. The Morgan fingerprint density at radius 3 is 2.87 bits per heavy atom. The molecule has 1 atom stereocenters. The van der Waals surface area contributed by atoms with Gasteiger partial charge in [0, 0.05) is 0 Å². The number of amides is 1. The smallest absolute Gasteiger partial charge is 0.266 e. The third kappa shape index (κ3) is 3.65. The summed E-state index contributed by atoms with van der Waals surface area (Å²) in [5, 5.41) is 20.6. The van der Waals surface area contributed by atoms with E-state index in [4.69, 9.17) is 17.0 Å². The number of aromatic hydroxyl groups is 1. The maximum absolute atomic E-state index is 12.3. The molecule has 1 aromatic rings. The van der Waals surface area contributed by atoms with Gasteiger partial charge in [-0.05, 0) is 37.6 Å². The summed E-state index contributed by atoms with van der Waals surface area (Å²) in [5.41, 5.74) is 0.632. The van der Waals surface area contributed by atoms with Crippen molar-refractivity contribution in [3.8, 4) is 11.5 Å². The number of thioether (sulfide) groups is 1. The molecule has 122 valence electrons. The van der Waals surface area contributed by atoms with Crippen LogP contribution in [0.3, 0.4) is 0 Å². The molecular weight excluding hydrogens is 338 g/mol. The van der Waals surface area contributed by atoms with Gasteiger partial charge >= 0.3 is 0 Å². The minimum absolute atomic E-state index is 0.00197. The van der Waals surface area contributed by atoms with Crippen LogP contribution in [0.2, 0.25) is 0 Å². The second-order valence-corrected chi connectivity index (χ2v) is 6.38. The lowest BCUT2D eigenvalue weighted by Gasteiger charge is -2.23. The number of ether oxygens (including phenoxy) is 1. The molecule has 1 heterocycles. The maximum atomic E-state index is 12.3. The van der Waals surface area contributed by atoms with Crippen LogP contribution < -0.4 is 9.84 Å². The molecule has 0 spiro atoms. The minimum Gasteiger partial charge on any atom is -0.548 e. The van der Waals surface area contributed by atoms with E-state index >= 15 is 0 Å².